The number of rotatable bonds is 8. The number of aromatic carboxylic acids is 1. The van der Waals surface area contributed by atoms with Gasteiger partial charge < -0.3 is 14.8 Å². The molecule has 2 N–H and O–H groups in total. The van der Waals surface area contributed by atoms with Crippen LogP contribution >= 0.6 is 11.6 Å². The molecule has 3 aromatic heterocycles. The first-order chi connectivity index (χ1) is 17.4. The first-order valence-corrected chi connectivity index (χ1v) is 11.9. The molecule has 0 saturated heterocycles. The van der Waals surface area contributed by atoms with Gasteiger partial charge in [0.15, 0.2) is 5.78 Å². The molecule has 0 spiro atoms. The summed E-state index contributed by atoms with van der Waals surface area (Å²) in [6, 6.07) is 14.3. The Balaban J connectivity index is 1.41. The van der Waals surface area contributed by atoms with Crippen molar-refractivity contribution >= 4 is 45.2 Å². The number of H-pyrrole nitrogens is 1. The van der Waals surface area contributed by atoms with Crippen molar-refractivity contribution in [2.45, 2.75) is 26.2 Å². The largest absolute Gasteiger partial charge is 0.478 e. The maximum absolute atomic E-state index is 13.2. The van der Waals surface area contributed by atoms with E-state index in [1.807, 2.05) is 25.1 Å². The summed E-state index contributed by atoms with van der Waals surface area (Å²) >= 11 is 6.14. The Morgan fingerprint density at radius 3 is 2.69 bits per heavy atom. The summed E-state index contributed by atoms with van der Waals surface area (Å²) in [4.78, 5) is 37.1. The van der Waals surface area contributed by atoms with Crippen LogP contribution in [-0.2, 0) is 12.8 Å². The van der Waals surface area contributed by atoms with Crippen LogP contribution in [0.15, 0.2) is 67.1 Å². The Morgan fingerprint density at radius 1 is 1.08 bits per heavy atom. The number of nitrogens with one attached hydrogen (secondary N) is 1. The molecule has 0 radical (unpaired) electrons. The number of carbonyl (C=O) groups is 2. The number of pyridine rings is 2. The van der Waals surface area contributed by atoms with Crippen molar-refractivity contribution in [1.29, 1.82) is 0 Å². The third-order valence-corrected chi connectivity index (χ3v) is 6.34. The smallest absolute Gasteiger partial charge is 0.337 e. The highest BCUT2D eigenvalue weighted by molar-refractivity contribution is 6.31. The maximum atomic E-state index is 13.2. The second-order valence-electron chi connectivity index (χ2n) is 8.36. The molecule has 0 saturated carbocycles. The zero-order chi connectivity index (χ0) is 25.2. The van der Waals surface area contributed by atoms with Gasteiger partial charge in [-0.15, -0.1) is 0 Å². The summed E-state index contributed by atoms with van der Waals surface area (Å²) in [5.41, 5.74) is 3.19. The second kappa shape index (κ2) is 9.79. The van der Waals surface area contributed by atoms with Crippen molar-refractivity contribution in [3.63, 3.8) is 0 Å². The topological polar surface area (TPSA) is 105 Å². The molecule has 2 aromatic carbocycles. The monoisotopic (exact) mass is 499 g/mol. The number of carbonyl (C=O) groups excluding carboxylic acids is 1. The lowest BCUT2D eigenvalue weighted by molar-refractivity contribution is 0.0693. The molecule has 0 aliphatic rings. The fourth-order valence-electron chi connectivity index (χ4n) is 4.47. The van der Waals surface area contributed by atoms with Crippen LogP contribution in [0, 0.1) is 0 Å². The molecular formula is C28H22ClN3O4. The Bertz CT molecular complexity index is 1610. The second-order valence-corrected chi connectivity index (χ2v) is 8.79. The normalized spacial score (nSPS) is 11.2. The SMILES string of the molecule is CCc1c(C(=O)O)c(CCC(=O)c2c[nH]c3cc(Oc4cccnc4)ccc23)nc2ccc(Cl)cc12. The maximum Gasteiger partial charge on any atom is 0.337 e. The van der Waals surface area contributed by atoms with Crippen LogP contribution in [0.4, 0.5) is 0 Å². The summed E-state index contributed by atoms with van der Waals surface area (Å²) in [5.74, 6) is 0.0760. The van der Waals surface area contributed by atoms with Crippen LogP contribution in [0.2, 0.25) is 5.02 Å². The summed E-state index contributed by atoms with van der Waals surface area (Å²) in [6.45, 7) is 1.90. The molecule has 0 unspecified atom stereocenters. The number of carboxylic acid groups (broad SMARTS) is 1. The highest BCUT2D eigenvalue weighted by atomic mass is 35.5. The van der Waals surface area contributed by atoms with Gasteiger partial charge >= 0.3 is 5.97 Å². The van der Waals surface area contributed by atoms with E-state index in [0.29, 0.717) is 45.3 Å². The van der Waals surface area contributed by atoms with E-state index in [2.05, 4.69) is 15.0 Å². The van der Waals surface area contributed by atoms with Gasteiger partial charge in [-0.1, -0.05) is 18.5 Å². The number of benzene rings is 2. The number of hydrogen-bond acceptors (Lipinski definition) is 5. The highest BCUT2D eigenvalue weighted by Crippen LogP contribution is 2.30. The first kappa shape index (κ1) is 23.5. The van der Waals surface area contributed by atoms with Crippen LogP contribution in [0.25, 0.3) is 21.8 Å². The van der Waals surface area contributed by atoms with Crippen molar-refractivity contribution in [2.24, 2.45) is 0 Å². The quantitative estimate of drug-likeness (QED) is 0.232. The Labute approximate surface area is 211 Å². The van der Waals surface area contributed by atoms with Gasteiger partial charge in [0.1, 0.15) is 11.5 Å². The van der Waals surface area contributed by atoms with E-state index in [-0.39, 0.29) is 24.2 Å². The predicted octanol–water partition coefficient (Wildman–Crippen LogP) is 6.63. The molecule has 0 atom stereocenters. The fraction of sp³-hybridized carbons (Fsp3) is 0.143. The van der Waals surface area contributed by atoms with Gasteiger partial charge in [-0.05, 0) is 60.9 Å². The van der Waals surface area contributed by atoms with Crippen LogP contribution < -0.4 is 4.74 Å². The molecule has 0 aliphatic heterocycles. The van der Waals surface area contributed by atoms with Gasteiger partial charge in [-0.2, -0.15) is 0 Å². The zero-order valence-electron chi connectivity index (χ0n) is 19.4. The van der Waals surface area contributed by atoms with E-state index in [0.717, 1.165) is 16.3 Å². The van der Waals surface area contributed by atoms with Crippen LogP contribution in [0.1, 0.15) is 45.3 Å². The third kappa shape index (κ3) is 4.53. The molecule has 0 amide bonds. The van der Waals surface area contributed by atoms with Gasteiger partial charge in [0, 0.05) is 51.8 Å². The molecule has 5 rings (SSSR count). The molecule has 36 heavy (non-hydrogen) atoms. The number of ketones is 1. The molecule has 0 fully saturated rings. The van der Waals surface area contributed by atoms with Crippen LogP contribution in [0.3, 0.4) is 0 Å². The number of aromatic amines is 1. The number of aryl methyl sites for hydroxylation is 2. The highest BCUT2D eigenvalue weighted by Gasteiger charge is 2.21. The molecule has 0 bridgehead atoms. The Kier molecular flexibility index (Phi) is 6.40. The number of ether oxygens (including phenoxy) is 1. The van der Waals surface area contributed by atoms with Crippen LogP contribution in [-0.4, -0.2) is 31.8 Å². The summed E-state index contributed by atoms with van der Waals surface area (Å²) in [6.07, 6.45) is 5.81. The van der Waals surface area contributed by atoms with Gasteiger partial charge in [-0.25, -0.2) is 4.79 Å². The molecule has 8 heteroatoms. The number of halogens is 1. The lowest BCUT2D eigenvalue weighted by Crippen LogP contribution is -2.12. The molecule has 180 valence electrons. The van der Waals surface area contributed by atoms with E-state index in [9.17, 15) is 14.7 Å². The minimum Gasteiger partial charge on any atom is -0.478 e. The predicted molar refractivity (Wildman–Crippen MR) is 138 cm³/mol. The summed E-state index contributed by atoms with van der Waals surface area (Å²) < 4.78 is 5.82. The zero-order valence-corrected chi connectivity index (χ0v) is 20.2. The van der Waals surface area contributed by atoms with Gasteiger partial charge in [0.2, 0.25) is 0 Å². The number of fused-ring (bicyclic) bond motifs is 2. The van der Waals surface area contributed by atoms with Crippen molar-refractivity contribution in [3.05, 3.63) is 94.5 Å². The average Bonchev–Trinajstić information content (AvgIpc) is 3.30. The number of hydrogen-bond donors (Lipinski definition) is 2. The average molecular weight is 500 g/mol. The lowest BCUT2D eigenvalue weighted by atomic mass is 9.95. The summed E-state index contributed by atoms with van der Waals surface area (Å²) in [7, 11) is 0. The van der Waals surface area contributed by atoms with E-state index in [1.165, 1.54) is 0 Å². The van der Waals surface area contributed by atoms with E-state index in [4.69, 9.17) is 16.3 Å². The molecular weight excluding hydrogens is 478 g/mol. The number of carboxylic acids is 1. The van der Waals surface area contributed by atoms with E-state index in [1.54, 1.807) is 48.9 Å². The first-order valence-electron chi connectivity index (χ1n) is 11.5. The standard InChI is InChI=1S/C28H22ClN3O4/c1-2-19-21-12-16(29)5-8-23(21)32-24(27(19)28(34)35)9-10-26(33)22-15-31-25-13-17(6-7-20(22)25)36-18-4-3-11-30-14-18/h3-8,11-15,31H,2,9-10H2,1H3,(H,34,35). The van der Waals surface area contributed by atoms with Gasteiger partial charge in [0.25, 0.3) is 0 Å². The Morgan fingerprint density at radius 2 is 1.94 bits per heavy atom. The van der Waals surface area contributed by atoms with Crippen molar-refractivity contribution in [1.82, 2.24) is 15.0 Å². The number of Topliss-reactive ketones (excluding diaryl/α,β-unsaturated/α-hetero) is 1. The Hall–Kier alpha value is -4.23. The van der Waals surface area contributed by atoms with Gasteiger partial charge in [-0.3, -0.25) is 14.8 Å². The van der Waals surface area contributed by atoms with Gasteiger partial charge in [0.05, 0.1) is 23.0 Å². The van der Waals surface area contributed by atoms with Crippen molar-refractivity contribution in [3.8, 4) is 11.5 Å². The van der Waals surface area contributed by atoms with Crippen molar-refractivity contribution < 1.29 is 19.4 Å². The summed E-state index contributed by atoms with van der Waals surface area (Å²) in [5, 5.41) is 12.0. The van der Waals surface area contributed by atoms with E-state index >= 15 is 0 Å². The van der Waals surface area contributed by atoms with Crippen LogP contribution in [0.5, 0.6) is 11.5 Å². The molecule has 0 aliphatic carbocycles. The minimum atomic E-state index is -1.06. The molecule has 5 aromatic rings. The van der Waals surface area contributed by atoms with Crippen molar-refractivity contribution in [2.75, 3.05) is 0 Å². The fourth-order valence-corrected chi connectivity index (χ4v) is 4.64. The lowest BCUT2D eigenvalue weighted by Gasteiger charge is -2.13. The number of nitrogens with zero attached hydrogens (tertiary/aromatic N) is 2. The van der Waals surface area contributed by atoms with E-state index < -0.39 is 5.97 Å². The molecule has 3 heterocycles. The molecule has 7 nitrogen and oxygen atoms in total. The number of aromatic nitrogens is 3. The minimum absolute atomic E-state index is 0.102. The third-order valence-electron chi connectivity index (χ3n) is 6.11.